The molecule has 0 N–H and O–H groups in total. The number of methoxy groups -OCH3 is 1. The first-order chi connectivity index (χ1) is 7.76. The molecule has 0 bridgehead atoms. The van der Waals surface area contributed by atoms with Crippen molar-refractivity contribution >= 4 is 15.9 Å². The molecule has 0 atom stereocenters. The van der Waals surface area contributed by atoms with E-state index in [4.69, 9.17) is 4.74 Å². The lowest BCUT2D eigenvalue weighted by molar-refractivity contribution is 0.156. The topological polar surface area (TPSA) is 12.5 Å². The van der Waals surface area contributed by atoms with Crippen LogP contribution in [0, 0.1) is 0 Å². The summed E-state index contributed by atoms with van der Waals surface area (Å²) in [4.78, 5) is 2.39. The van der Waals surface area contributed by atoms with Crippen molar-refractivity contribution in [3.05, 3.63) is 34.4 Å². The second-order valence-electron chi connectivity index (χ2n) is 3.81. The van der Waals surface area contributed by atoms with Gasteiger partial charge in [-0.2, -0.15) is 0 Å². The standard InChI is InChI=1S/C13H20BrNO/c1-3-15(8-9-16-2)11-12-6-4-5-7-13(14)10-12/h5-7,10H,3-4,8-9,11H2,1-2H3. The van der Waals surface area contributed by atoms with Crippen molar-refractivity contribution in [1.82, 2.24) is 4.90 Å². The normalized spacial score (nSPS) is 16.0. The molecular weight excluding hydrogens is 266 g/mol. The Morgan fingerprint density at radius 3 is 3.00 bits per heavy atom. The van der Waals surface area contributed by atoms with Gasteiger partial charge in [0, 0.05) is 24.7 Å². The summed E-state index contributed by atoms with van der Waals surface area (Å²) in [5.74, 6) is 0. The van der Waals surface area contributed by atoms with Crippen LogP contribution in [0.5, 0.6) is 0 Å². The Labute approximate surface area is 107 Å². The molecular formula is C13H20BrNO. The van der Waals surface area contributed by atoms with Gasteiger partial charge in [0.15, 0.2) is 0 Å². The number of rotatable bonds is 6. The van der Waals surface area contributed by atoms with Gasteiger partial charge in [-0.05, 0) is 24.6 Å². The number of halogens is 1. The van der Waals surface area contributed by atoms with E-state index < -0.39 is 0 Å². The Balaban J connectivity index is 2.51. The molecule has 1 aliphatic carbocycles. The summed E-state index contributed by atoms with van der Waals surface area (Å²) in [6.07, 6.45) is 9.76. The zero-order valence-electron chi connectivity index (χ0n) is 10.1. The van der Waals surface area contributed by atoms with E-state index in [1.54, 1.807) is 7.11 Å². The van der Waals surface area contributed by atoms with Gasteiger partial charge in [-0.1, -0.05) is 41.1 Å². The highest BCUT2D eigenvalue weighted by Crippen LogP contribution is 2.16. The lowest BCUT2D eigenvalue weighted by Gasteiger charge is -2.20. The van der Waals surface area contributed by atoms with Crippen LogP contribution in [-0.4, -0.2) is 38.3 Å². The van der Waals surface area contributed by atoms with Gasteiger partial charge in [0.25, 0.3) is 0 Å². The summed E-state index contributed by atoms with van der Waals surface area (Å²) in [6, 6.07) is 0. The fraction of sp³-hybridized carbons (Fsp3) is 0.538. The number of hydrogen-bond acceptors (Lipinski definition) is 2. The minimum atomic E-state index is 0.796. The third kappa shape index (κ3) is 5.10. The minimum absolute atomic E-state index is 0.796. The summed E-state index contributed by atoms with van der Waals surface area (Å²) in [7, 11) is 1.75. The summed E-state index contributed by atoms with van der Waals surface area (Å²) in [6.45, 7) is 6.02. The second-order valence-corrected chi connectivity index (χ2v) is 4.72. The van der Waals surface area contributed by atoms with Crippen molar-refractivity contribution < 1.29 is 4.74 Å². The number of allylic oxidation sites excluding steroid dienone is 4. The van der Waals surface area contributed by atoms with Crippen LogP contribution in [0.25, 0.3) is 0 Å². The predicted octanol–water partition coefficient (Wildman–Crippen LogP) is 3.12. The lowest BCUT2D eigenvalue weighted by Crippen LogP contribution is -2.29. The number of nitrogens with zero attached hydrogens (tertiary/aromatic N) is 1. The fourth-order valence-electron chi connectivity index (χ4n) is 1.62. The predicted molar refractivity (Wildman–Crippen MR) is 72.8 cm³/mol. The summed E-state index contributed by atoms with van der Waals surface area (Å²) < 4.78 is 6.26. The van der Waals surface area contributed by atoms with E-state index in [1.807, 2.05) is 0 Å². The summed E-state index contributed by atoms with van der Waals surface area (Å²) in [5, 5.41) is 0. The van der Waals surface area contributed by atoms with Gasteiger partial charge in [-0.25, -0.2) is 0 Å². The fourth-order valence-corrected chi connectivity index (χ4v) is 2.10. The van der Waals surface area contributed by atoms with Crippen molar-refractivity contribution in [2.24, 2.45) is 0 Å². The highest BCUT2D eigenvalue weighted by molar-refractivity contribution is 9.11. The summed E-state index contributed by atoms with van der Waals surface area (Å²) in [5.41, 5.74) is 1.37. The Kier molecular flexibility index (Phi) is 6.69. The van der Waals surface area contributed by atoms with Crippen molar-refractivity contribution in [1.29, 1.82) is 0 Å². The van der Waals surface area contributed by atoms with Crippen LogP contribution < -0.4 is 0 Å². The monoisotopic (exact) mass is 285 g/mol. The van der Waals surface area contributed by atoms with Crippen molar-refractivity contribution in [2.45, 2.75) is 13.3 Å². The molecule has 2 nitrogen and oxygen atoms in total. The average molecular weight is 286 g/mol. The van der Waals surface area contributed by atoms with E-state index in [1.165, 1.54) is 5.57 Å². The molecule has 0 aromatic rings. The third-order valence-electron chi connectivity index (χ3n) is 2.58. The molecule has 1 aliphatic rings. The average Bonchev–Trinajstić information content (AvgIpc) is 2.48. The van der Waals surface area contributed by atoms with Gasteiger partial charge >= 0.3 is 0 Å². The van der Waals surface area contributed by atoms with Gasteiger partial charge in [0.2, 0.25) is 0 Å². The summed E-state index contributed by atoms with van der Waals surface area (Å²) >= 11 is 3.53. The maximum atomic E-state index is 5.11. The molecule has 0 radical (unpaired) electrons. The number of likely N-dealkylation sites (N-methyl/N-ethyl adjacent to an activating group) is 1. The number of hydrogen-bond donors (Lipinski definition) is 0. The van der Waals surface area contributed by atoms with Crippen LogP contribution in [0.15, 0.2) is 34.4 Å². The Morgan fingerprint density at radius 1 is 1.50 bits per heavy atom. The van der Waals surface area contributed by atoms with E-state index in [0.29, 0.717) is 0 Å². The second kappa shape index (κ2) is 7.82. The van der Waals surface area contributed by atoms with Gasteiger partial charge < -0.3 is 4.74 Å². The van der Waals surface area contributed by atoms with E-state index in [-0.39, 0.29) is 0 Å². The molecule has 0 unspecified atom stereocenters. The van der Waals surface area contributed by atoms with Gasteiger partial charge in [0.1, 0.15) is 0 Å². The highest BCUT2D eigenvalue weighted by Gasteiger charge is 2.05. The van der Waals surface area contributed by atoms with E-state index in [2.05, 4.69) is 52.1 Å². The number of ether oxygens (including phenoxy) is 1. The van der Waals surface area contributed by atoms with Crippen LogP contribution in [0.3, 0.4) is 0 Å². The molecule has 0 amide bonds. The van der Waals surface area contributed by atoms with Crippen LogP contribution in [0.4, 0.5) is 0 Å². The first-order valence-corrected chi connectivity index (χ1v) is 6.49. The van der Waals surface area contributed by atoms with Crippen molar-refractivity contribution in [3.8, 4) is 0 Å². The van der Waals surface area contributed by atoms with Crippen LogP contribution in [0.2, 0.25) is 0 Å². The van der Waals surface area contributed by atoms with E-state index in [0.717, 1.165) is 37.1 Å². The Hall–Kier alpha value is -0.380. The lowest BCUT2D eigenvalue weighted by atomic mass is 10.2. The SMILES string of the molecule is CCN(CCOC)CC1=CCC=CC(Br)=C1. The molecule has 0 aromatic heterocycles. The first-order valence-electron chi connectivity index (χ1n) is 5.70. The van der Waals surface area contributed by atoms with E-state index in [9.17, 15) is 0 Å². The van der Waals surface area contributed by atoms with Gasteiger partial charge in [0.05, 0.1) is 6.61 Å². The molecule has 16 heavy (non-hydrogen) atoms. The molecule has 0 fully saturated rings. The quantitative estimate of drug-likeness (QED) is 0.744. The smallest absolute Gasteiger partial charge is 0.0589 e. The van der Waals surface area contributed by atoms with Gasteiger partial charge in [-0.3, -0.25) is 4.90 Å². The largest absolute Gasteiger partial charge is 0.383 e. The molecule has 0 saturated carbocycles. The molecule has 0 spiro atoms. The molecule has 1 rings (SSSR count). The Morgan fingerprint density at radius 2 is 2.31 bits per heavy atom. The Bertz CT molecular complexity index is 294. The molecule has 0 heterocycles. The molecule has 0 aliphatic heterocycles. The maximum Gasteiger partial charge on any atom is 0.0589 e. The van der Waals surface area contributed by atoms with Gasteiger partial charge in [-0.15, -0.1) is 0 Å². The zero-order chi connectivity index (χ0) is 11.8. The first kappa shape index (κ1) is 13.7. The molecule has 3 heteroatoms. The van der Waals surface area contributed by atoms with Crippen molar-refractivity contribution in [3.63, 3.8) is 0 Å². The minimum Gasteiger partial charge on any atom is -0.383 e. The highest BCUT2D eigenvalue weighted by atomic mass is 79.9. The third-order valence-corrected chi connectivity index (χ3v) is 3.07. The maximum absolute atomic E-state index is 5.11. The molecule has 90 valence electrons. The van der Waals surface area contributed by atoms with Crippen molar-refractivity contribution in [2.75, 3.05) is 33.4 Å². The van der Waals surface area contributed by atoms with Crippen LogP contribution in [0.1, 0.15) is 13.3 Å². The molecule has 0 aromatic carbocycles. The van der Waals surface area contributed by atoms with E-state index >= 15 is 0 Å². The zero-order valence-corrected chi connectivity index (χ0v) is 11.7. The van der Waals surface area contributed by atoms with Crippen LogP contribution in [-0.2, 0) is 4.74 Å². The van der Waals surface area contributed by atoms with Crippen LogP contribution >= 0.6 is 15.9 Å². The molecule has 0 saturated heterocycles.